The molecule has 102 valence electrons. The van der Waals surface area contributed by atoms with E-state index < -0.39 is 0 Å². The molecule has 1 aliphatic heterocycles. The molecule has 0 aliphatic carbocycles. The van der Waals surface area contributed by atoms with E-state index in [4.69, 9.17) is 0 Å². The molecule has 1 heterocycles. The van der Waals surface area contributed by atoms with Crippen LogP contribution < -0.4 is 4.90 Å². The maximum atomic E-state index is 13.2. The summed E-state index contributed by atoms with van der Waals surface area (Å²) in [5, 5.41) is 0. The van der Waals surface area contributed by atoms with Gasteiger partial charge < -0.3 is 4.90 Å². The van der Waals surface area contributed by atoms with Crippen molar-refractivity contribution in [2.24, 2.45) is 0 Å². The molecule has 1 aliphatic rings. The van der Waals surface area contributed by atoms with Crippen molar-refractivity contribution in [3.63, 3.8) is 0 Å². The average molecular weight is 381 g/mol. The second-order valence-corrected chi connectivity index (χ2v) is 6.08. The largest absolute Gasteiger partial charge is 0.307 e. The number of carbonyl (C=O) groups excluding carboxylic acids is 1. The second-order valence-electron chi connectivity index (χ2n) is 4.91. The van der Waals surface area contributed by atoms with Crippen LogP contribution in [-0.2, 0) is 6.42 Å². The summed E-state index contributed by atoms with van der Waals surface area (Å²) in [6.45, 7) is 2.70. The van der Waals surface area contributed by atoms with E-state index in [1.165, 1.54) is 17.7 Å². The first kappa shape index (κ1) is 13.5. The number of amides is 1. The summed E-state index contributed by atoms with van der Waals surface area (Å²) in [4.78, 5) is 14.5. The van der Waals surface area contributed by atoms with Gasteiger partial charge in [0.1, 0.15) is 5.82 Å². The third-order valence-corrected chi connectivity index (χ3v) is 4.50. The monoisotopic (exact) mass is 381 g/mol. The normalized spacial score (nSPS) is 13.4. The lowest BCUT2D eigenvalue weighted by Gasteiger charge is -2.20. The van der Waals surface area contributed by atoms with Crippen LogP contribution in [0.4, 0.5) is 10.1 Å². The van der Waals surface area contributed by atoms with Crippen LogP contribution in [-0.4, -0.2) is 12.5 Å². The Kier molecular flexibility index (Phi) is 3.50. The van der Waals surface area contributed by atoms with Crippen LogP contribution >= 0.6 is 22.6 Å². The van der Waals surface area contributed by atoms with Gasteiger partial charge in [-0.25, -0.2) is 4.39 Å². The number of rotatable bonds is 1. The standard InChI is InChI=1S/C16H13FINO/c1-10-3-2-4-11-7-8-19(15(10)11)16(20)13-6-5-12(17)9-14(13)18/h2-6,9H,7-8H2,1H3. The van der Waals surface area contributed by atoms with E-state index in [1.54, 1.807) is 11.0 Å². The molecular formula is C16H13FINO. The summed E-state index contributed by atoms with van der Waals surface area (Å²) in [6.07, 6.45) is 0.876. The van der Waals surface area contributed by atoms with E-state index in [0.29, 0.717) is 15.7 Å². The second kappa shape index (κ2) is 5.16. The van der Waals surface area contributed by atoms with E-state index in [2.05, 4.69) is 6.07 Å². The molecule has 0 N–H and O–H groups in total. The fourth-order valence-electron chi connectivity index (χ4n) is 2.66. The van der Waals surface area contributed by atoms with Gasteiger partial charge >= 0.3 is 0 Å². The number of nitrogens with zero attached hydrogens (tertiary/aromatic N) is 1. The number of anilines is 1. The number of halogens is 2. The molecule has 2 aromatic carbocycles. The van der Waals surface area contributed by atoms with Crippen molar-refractivity contribution < 1.29 is 9.18 Å². The lowest BCUT2D eigenvalue weighted by atomic mass is 10.1. The molecule has 20 heavy (non-hydrogen) atoms. The highest BCUT2D eigenvalue weighted by atomic mass is 127. The summed E-state index contributed by atoms with van der Waals surface area (Å²) in [6, 6.07) is 10.4. The first-order chi connectivity index (χ1) is 9.58. The highest BCUT2D eigenvalue weighted by Crippen LogP contribution is 2.33. The van der Waals surface area contributed by atoms with E-state index >= 15 is 0 Å². The van der Waals surface area contributed by atoms with Crippen molar-refractivity contribution in [3.05, 3.63) is 62.5 Å². The minimum atomic E-state index is -0.316. The topological polar surface area (TPSA) is 20.3 Å². The number of fused-ring (bicyclic) bond motifs is 1. The molecule has 0 spiro atoms. The lowest BCUT2D eigenvalue weighted by molar-refractivity contribution is 0.0988. The Bertz CT molecular complexity index is 699. The fraction of sp³-hybridized carbons (Fsp3) is 0.188. The molecule has 2 nitrogen and oxygen atoms in total. The van der Waals surface area contributed by atoms with Crippen LogP contribution in [0.3, 0.4) is 0 Å². The minimum Gasteiger partial charge on any atom is -0.307 e. The van der Waals surface area contributed by atoms with E-state index in [0.717, 1.165) is 17.7 Å². The van der Waals surface area contributed by atoms with Crippen molar-refractivity contribution in [1.29, 1.82) is 0 Å². The maximum Gasteiger partial charge on any atom is 0.259 e. The SMILES string of the molecule is Cc1cccc2c1N(C(=O)c1ccc(F)cc1I)CC2. The van der Waals surface area contributed by atoms with Crippen molar-refractivity contribution in [1.82, 2.24) is 0 Å². The van der Waals surface area contributed by atoms with Crippen LogP contribution in [0.15, 0.2) is 36.4 Å². The Morgan fingerprint density at radius 2 is 2.10 bits per heavy atom. The number of aryl methyl sites for hydroxylation is 1. The van der Waals surface area contributed by atoms with Crippen LogP contribution in [0.1, 0.15) is 21.5 Å². The quantitative estimate of drug-likeness (QED) is 0.686. The third kappa shape index (κ3) is 2.22. The van der Waals surface area contributed by atoms with Crippen LogP contribution in [0, 0.1) is 16.3 Å². The first-order valence-electron chi connectivity index (χ1n) is 6.43. The van der Waals surface area contributed by atoms with Crippen molar-refractivity contribution in [3.8, 4) is 0 Å². The van der Waals surface area contributed by atoms with Gasteiger partial charge in [-0.15, -0.1) is 0 Å². The predicted molar refractivity (Wildman–Crippen MR) is 85.7 cm³/mol. The molecule has 0 radical (unpaired) electrons. The summed E-state index contributed by atoms with van der Waals surface area (Å²) in [5.41, 5.74) is 3.88. The fourth-order valence-corrected chi connectivity index (χ4v) is 3.37. The van der Waals surface area contributed by atoms with Crippen LogP contribution in [0.25, 0.3) is 0 Å². The summed E-state index contributed by atoms with van der Waals surface area (Å²) >= 11 is 2.01. The summed E-state index contributed by atoms with van der Waals surface area (Å²) in [5.74, 6) is -0.369. The van der Waals surface area contributed by atoms with Crippen LogP contribution in [0.5, 0.6) is 0 Å². The Morgan fingerprint density at radius 1 is 1.30 bits per heavy atom. The molecule has 0 fully saturated rings. The molecule has 0 bridgehead atoms. The van der Waals surface area contributed by atoms with Gasteiger partial charge in [0.2, 0.25) is 0 Å². The Balaban J connectivity index is 2.02. The van der Waals surface area contributed by atoms with Gasteiger partial charge in [-0.2, -0.15) is 0 Å². The van der Waals surface area contributed by atoms with Gasteiger partial charge in [0, 0.05) is 10.1 Å². The Hall–Kier alpha value is -1.43. The first-order valence-corrected chi connectivity index (χ1v) is 7.51. The summed E-state index contributed by atoms with van der Waals surface area (Å²) in [7, 11) is 0. The molecule has 0 unspecified atom stereocenters. The van der Waals surface area contributed by atoms with E-state index in [9.17, 15) is 9.18 Å². The highest BCUT2D eigenvalue weighted by Gasteiger charge is 2.27. The van der Waals surface area contributed by atoms with Gasteiger partial charge in [0.15, 0.2) is 0 Å². The summed E-state index contributed by atoms with van der Waals surface area (Å²) < 4.78 is 13.8. The molecule has 3 rings (SSSR count). The molecular weight excluding hydrogens is 368 g/mol. The van der Waals surface area contributed by atoms with Gasteiger partial charge in [-0.1, -0.05) is 18.2 Å². The average Bonchev–Trinajstić information content (AvgIpc) is 2.83. The smallest absolute Gasteiger partial charge is 0.259 e. The minimum absolute atomic E-state index is 0.0533. The maximum absolute atomic E-state index is 13.2. The van der Waals surface area contributed by atoms with Crippen LogP contribution in [0.2, 0.25) is 0 Å². The third-order valence-electron chi connectivity index (χ3n) is 3.60. The highest BCUT2D eigenvalue weighted by molar-refractivity contribution is 14.1. The predicted octanol–water partition coefficient (Wildman–Crippen LogP) is 3.94. The Labute approximate surface area is 130 Å². The molecule has 0 atom stereocenters. The number of hydrogen-bond acceptors (Lipinski definition) is 1. The van der Waals surface area contributed by atoms with Crippen molar-refractivity contribution in [2.75, 3.05) is 11.4 Å². The number of para-hydroxylation sites is 1. The molecule has 4 heteroatoms. The molecule has 0 aromatic heterocycles. The van der Waals surface area contributed by atoms with Crippen molar-refractivity contribution in [2.45, 2.75) is 13.3 Å². The van der Waals surface area contributed by atoms with Gasteiger partial charge in [0.05, 0.1) is 11.3 Å². The zero-order valence-corrected chi connectivity index (χ0v) is 13.1. The Morgan fingerprint density at radius 3 is 2.85 bits per heavy atom. The lowest BCUT2D eigenvalue weighted by Crippen LogP contribution is -2.30. The van der Waals surface area contributed by atoms with Gasteiger partial charge in [-0.05, 0) is 65.3 Å². The van der Waals surface area contributed by atoms with Gasteiger partial charge in [0.25, 0.3) is 5.91 Å². The van der Waals surface area contributed by atoms with Crippen molar-refractivity contribution >= 4 is 34.2 Å². The number of benzene rings is 2. The number of hydrogen-bond donors (Lipinski definition) is 0. The molecule has 2 aromatic rings. The van der Waals surface area contributed by atoms with E-state index in [-0.39, 0.29) is 11.7 Å². The molecule has 0 saturated carbocycles. The zero-order valence-electron chi connectivity index (χ0n) is 11.0. The molecule has 0 saturated heterocycles. The zero-order chi connectivity index (χ0) is 14.3. The number of carbonyl (C=O) groups is 1. The van der Waals surface area contributed by atoms with E-state index in [1.807, 2.05) is 41.6 Å². The molecule has 1 amide bonds. The van der Waals surface area contributed by atoms with Gasteiger partial charge in [-0.3, -0.25) is 4.79 Å².